The van der Waals surface area contributed by atoms with Crippen LogP contribution in [0.2, 0.25) is 5.02 Å². The topological polar surface area (TPSA) is 12.0 Å². The van der Waals surface area contributed by atoms with Crippen LogP contribution in [0, 0.1) is 24.4 Å². The van der Waals surface area contributed by atoms with Gasteiger partial charge < -0.3 is 5.32 Å². The van der Waals surface area contributed by atoms with Crippen LogP contribution in [0.15, 0.2) is 30.3 Å². The average molecular weight is 300 g/mol. The fourth-order valence-corrected chi connectivity index (χ4v) is 2.13. The van der Waals surface area contributed by atoms with Crippen molar-refractivity contribution in [2.24, 2.45) is 0 Å². The van der Waals surface area contributed by atoms with Crippen LogP contribution in [-0.2, 0) is 0 Å². The first-order valence-electron chi connectivity index (χ1n) is 6.05. The molecule has 2 rings (SSSR count). The van der Waals surface area contributed by atoms with E-state index in [1.165, 1.54) is 19.1 Å². The van der Waals surface area contributed by atoms with Crippen molar-refractivity contribution in [2.45, 2.75) is 19.9 Å². The Morgan fingerprint density at radius 1 is 1.05 bits per heavy atom. The third kappa shape index (κ3) is 3.07. The minimum Gasteiger partial charge on any atom is -0.377 e. The number of anilines is 1. The van der Waals surface area contributed by atoms with Crippen molar-refractivity contribution in [3.8, 4) is 0 Å². The molecule has 0 aliphatic rings. The highest BCUT2D eigenvalue weighted by molar-refractivity contribution is 6.33. The fraction of sp³-hybridized carbons (Fsp3) is 0.200. The summed E-state index contributed by atoms with van der Waals surface area (Å²) in [5, 5.41) is 3.12. The molecule has 2 aromatic carbocycles. The van der Waals surface area contributed by atoms with Crippen molar-refractivity contribution >= 4 is 17.3 Å². The summed E-state index contributed by atoms with van der Waals surface area (Å²) in [6.07, 6.45) is 0. The van der Waals surface area contributed by atoms with Crippen molar-refractivity contribution in [1.82, 2.24) is 0 Å². The molecule has 0 spiro atoms. The zero-order valence-electron chi connectivity index (χ0n) is 11.0. The first-order valence-corrected chi connectivity index (χ1v) is 6.43. The van der Waals surface area contributed by atoms with Crippen LogP contribution in [0.3, 0.4) is 0 Å². The Kier molecular flexibility index (Phi) is 4.23. The molecule has 0 radical (unpaired) electrons. The van der Waals surface area contributed by atoms with E-state index in [9.17, 15) is 13.2 Å². The molecule has 5 heteroatoms. The molecule has 0 fully saturated rings. The molecule has 0 amide bonds. The van der Waals surface area contributed by atoms with E-state index in [1.54, 1.807) is 6.92 Å². The summed E-state index contributed by atoms with van der Waals surface area (Å²) in [6, 6.07) is 5.65. The van der Waals surface area contributed by atoms with E-state index in [4.69, 9.17) is 11.6 Å². The molecule has 0 heterocycles. The Hall–Kier alpha value is -1.68. The van der Waals surface area contributed by atoms with Gasteiger partial charge in [-0.15, -0.1) is 0 Å². The fourth-order valence-electron chi connectivity index (χ4n) is 1.91. The molecule has 0 saturated heterocycles. The van der Waals surface area contributed by atoms with Gasteiger partial charge in [-0.3, -0.25) is 0 Å². The monoisotopic (exact) mass is 299 g/mol. The van der Waals surface area contributed by atoms with Crippen LogP contribution >= 0.6 is 11.6 Å². The number of aryl methyl sites for hydroxylation is 1. The molecule has 1 nitrogen and oxygen atoms in total. The second kappa shape index (κ2) is 5.75. The summed E-state index contributed by atoms with van der Waals surface area (Å²) < 4.78 is 40.3. The summed E-state index contributed by atoms with van der Waals surface area (Å²) in [5.41, 5.74) is 0.896. The lowest BCUT2D eigenvalue weighted by atomic mass is 10.0. The maximum absolute atomic E-state index is 13.8. The normalized spacial score (nSPS) is 12.3. The highest BCUT2D eigenvalue weighted by Crippen LogP contribution is 2.28. The molecule has 2 aromatic rings. The average Bonchev–Trinajstić information content (AvgIpc) is 2.37. The Bertz CT molecular complexity index is 643. The highest BCUT2D eigenvalue weighted by atomic mass is 35.5. The Morgan fingerprint density at radius 3 is 2.40 bits per heavy atom. The van der Waals surface area contributed by atoms with Crippen molar-refractivity contribution in [3.05, 3.63) is 63.9 Å². The number of halogens is 4. The second-order valence-corrected chi connectivity index (χ2v) is 5.02. The van der Waals surface area contributed by atoms with Gasteiger partial charge in [-0.1, -0.05) is 11.6 Å². The smallest absolute Gasteiger partial charge is 0.128 e. The van der Waals surface area contributed by atoms with E-state index in [0.29, 0.717) is 5.69 Å². The van der Waals surface area contributed by atoms with Gasteiger partial charge in [0.1, 0.15) is 17.5 Å². The predicted octanol–water partition coefficient (Wildman–Crippen LogP) is 5.24. The summed E-state index contributed by atoms with van der Waals surface area (Å²) in [4.78, 5) is 0. The Labute approximate surface area is 120 Å². The van der Waals surface area contributed by atoms with Gasteiger partial charge >= 0.3 is 0 Å². The van der Waals surface area contributed by atoms with Crippen LogP contribution in [0.5, 0.6) is 0 Å². The largest absolute Gasteiger partial charge is 0.377 e. The van der Waals surface area contributed by atoms with E-state index in [2.05, 4.69) is 5.32 Å². The minimum atomic E-state index is -0.506. The minimum absolute atomic E-state index is 0.185. The zero-order chi connectivity index (χ0) is 14.9. The molecular formula is C15H13ClF3N. The SMILES string of the molecule is Cc1cc(F)c(C(C)Nc2ccc(F)cc2Cl)cc1F. The van der Waals surface area contributed by atoms with Crippen LogP contribution in [-0.4, -0.2) is 0 Å². The quantitative estimate of drug-likeness (QED) is 0.817. The van der Waals surface area contributed by atoms with Crippen LogP contribution in [0.1, 0.15) is 24.1 Å². The van der Waals surface area contributed by atoms with Gasteiger partial charge in [-0.05, 0) is 49.7 Å². The van der Waals surface area contributed by atoms with Gasteiger partial charge in [0.25, 0.3) is 0 Å². The Morgan fingerprint density at radius 2 is 1.75 bits per heavy atom. The van der Waals surface area contributed by atoms with Gasteiger partial charge in [0, 0.05) is 5.56 Å². The van der Waals surface area contributed by atoms with Crippen LogP contribution in [0.25, 0.3) is 0 Å². The lowest BCUT2D eigenvalue weighted by molar-refractivity contribution is 0.571. The number of rotatable bonds is 3. The molecule has 0 aliphatic heterocycles. The molecule has 1 N–H and O–H groups in total. The molecule has 1 atom stereocenters. The number of nitrogens with one attached hydrogen (secondary N) is 1. The van der Waals surface area contributed by atoms with Gasteiger partial charge in [-0.25, -0.2) is 13.2 Å². The third-order valence-corrected chi connectivity index (χ3v) is 3.36. The van der Waals surface area contributed by atoms with Crippen molar-refractivity contribution in [1.29, 1.82) is 0 Å². The predicted molar refractivity (Wildman–Crippen MR) is 74.5 cm³/mol. The van der Waals surface area contributed by atoms with E-state index >= 15 is 0 Å². The van der Waals surface area contributed by atoms with Crippen LogP contribution < -0.4 is 5.32 Å². The molecule has 0 bridgehead atoms. The molecule has 1 unspecified atom stereocenters. The van der Waals surface area contributed by atoms with Crippen molar-refractivity contribution < 1.29 is 13.2 Å². The summed E-state index contributed by atoms with van der Waals surface area (Å²) in [6.45, 7) is 3.17. The van der Waals surface area contributed by atoms with Gasteiger partial charge in [0.15, 0.2) is 0 Å². The summed E-state index contributed by atoms with van der Waals surface area (Å²) >= 11 is 5.89. The van der Waals surface area contributed by atoms with Gasteiger partial charge in [-0.2, -0.15) is 0 Å². The standard InChI is InChI=1S/C15H13ClF3N/c1-8-5-14(19)11(7-13(8)18)9(2)20-15-4-3-10(17)6-12(15)16/h3-7,9,20H,1-2H3. The molecule has 20 heavy (non-hydrogen) atoms. The molecule has 0 aliphatic carbocycles. The lowest BCUT2D eigenvalue weighted by Gasteiger charge is -2.18. The van der Waals surface area contributed by atoms with Gasteiger partial charge in [0.2, 0.25) is 0 Å². The third-order valence-electron chi connectivity index (χ3n) is 3.05. The Balaban J connectivity index is 2.28. The number of hydrogen-bond acceptors (Lipinski definition) is 1. The van der Waals surface area contributed by atoms with E-state index in [1.807, 2.05) is 0 Å². The lowest BCUT2D eigenvalue weighted by Crippen LogP contribution is -2.10. The zero-order valence-corrected chi connectivity index (χ0v) is 11.7. The molecule has 106 valence electrons. The number of hydrogen-bond donors (Lipinski definition) is 1. The van der Waals surface area contributed by atoms with Crippen LogP contribution in [0.4, 0.5) is 18.9 Å². The van der Waals surface area contributed by atoms with Crippen molar-refractivity contribution in [3.63, 3.8) is 0 Å². The van der Waals surface area contributed by atoms with Crippen molar-refractivity contribution in [2.75, 3.05) is 5.32 Å². The van der Waals surface area contributed by atoms with E-state index in [0.717, 1.165) is 18.2 Å². The highest BCUT2D eigenvalue weighted by Gasteiger charge is 2.15. The first-order chi connectivity index (χ1) is 9.38. The van der Waals surface area contributed by atoms with Gasteiger partial charge in [0.05, 0.1) is 16.8 Å². The molecule has 0 aromatic heterocycles. The van der Waals surface area contributed by atoms with E-state index in [-0.39, 0.29) is 16.1 Å². The molecular weight excluding hydrogens is 287 g/mol. The second-order valence-electron chi connectivity index (χ2n) is 4.61. The number of benzene rings is 2. The van der Waals surface area contributed by atoms with E-state index < -0.39 is 23.5 Å². The maximum atomic E-state index is 13.8. The summed E-state index contributed by atoms with van der Waals surface area (Å²) in [7, 11) is 0. The first kappa shape index (κ1) is 14.7. The molecule has 0 saturated carbocycles. The maximum Gasteiger partial charge on any atom is 0.128 e. The summed E-state index contributed by atoms with van der Waals surface area (Å²) in [5.74, 6) is -1.43.